The summed E-state index contributed by atoms with van der Waals surface area (Å²) in [6.45, 7) is 7.55. The van der Waals surface area contributed by atoms with Gasteiger partial charge in [-0.25, -0.2) is 9.97 Å². The van der Waals surface area contributed by atoms with E-state index in [1.807, 2.05) is 13.0 Å². The van der Waals surface area contributed by atoms with Gasteiger partial charge in [0.25, 0.3) is 0 Å². The number of hydrogen-bond donors (Lipinski definition) is 1. The first-order chi connectivity index (χ1) is 10.3. The van der Waals surface area contributed by atoms with E-state index in [2.05, 4.69) is 20.2 Å². The zero-order valence-corrected chi connectivity index (χ0v) is 12.9. The molecule has 116 valence electrons. The first kappa shape index (κ1) is 14.7. The molecule has 0 radical (unpaired) electrons. The zero-order valence-electron chi connectivity index (χ0n) is 12.9. The lowest BCUT2D eigenvalue weighted by molar-refractivity contribution is 0.0492. The molecule has 0 spiro atoms. The van der Waals surface area contributed by atoms with E-state index in [-0.39, 0.29) is 0 Å². The van der Waals surface area contributed by atoms with Crippen molar-refractivity contribution in [1.82, 2.24) is 14.9 Å². The molecule has 0 aromatic carbocycles. The highest BCUT2D eigenvalue weighted by Crippen LogP contribution is 2.20. The Kier molecular flexibility index (Phi) is 5.04. The van der Waals surface area contributed by atoms with E-state index < -0.39 is 0 Å². The van der Waals surface area contributed by atoms with Gasteiger partial charge in [-0.05, 0) is 38.5 Å². The summed E-state index contributed by atoms with van der Waals surface area (Å²) in [4.78, 5) is 11.1. The first-order valence-corrected chi connectivity index (χ1v) is 8.15. The van der Waals surface area contributed by atoms with Crippen LogP contribution in [-0.2, 0) is 4.74 Å². The lowest BCUT2D eigenvalue weighted by Crippen LogP contribution is -2.42. The van der Waals surface area contributed by atoms with Crippen molar-refractivity contribution in [3.05, 3.63) is 18.1 Å². The highest BCUT2D eigenvalue weighted by atomic mass is 16.5. The van der Waals surface area contributed by atoms with Crippen LogP contribution in [0.1, 0.15) is 31.4 Å². The molecule has 0 amide bonds. The van der Waals surface area contributed by atoms with Gasteiger partial charge in [0.2, 0.25) is 0 Å². The SMILES string of the molecule is Cc1cc(NC2CCN(CC3CCOCC3)CC2)ncn1. The van der Waals surface area contributed by atoms with Gasteiger partial charge < -0.3 is 15.0 Å². The van der Waals surface area contributed by atoms with Gasteiger partial charge in [-0.15, -0.1) is 0 Å². The molecule has 0 atom stereocenters. The summed E-state index contributed by atoms with van der Waals surface area (Å²) in [6.07, 6.45) is 6.51. The van der Waals surface area contributed by atoms with Crippen LogP contribution in [0.3, 0.4) is 0 Å². The Morgan fingerprint density at radius 3 is 2.67 bits per heavy atom. The Morgan fingerprint density at radius 1 is 1.19 bits per heavy atom. The Bertz CT molecular complexity index is 440. The minimum Gasteiger partial charge on any atom is -0.381 e. The number of nitrogens with one attached hydrogen (secondary N) is 1. The summed E-state index contributed by atoms with van der Waals surface area (Å²) in [6, 6.07) is 2.57. The van der Waals surface area contributed by atoms with Crippen LogP contribution in [0, 0.1) is 12.8 Å². The Morgan fingerprint density at radius 2 is 1.95 bits per heavy atom. The molecule has 3 rings (SSSR count). The van der Waals surface area contributed by atoms with Gasteiger partial charge in [0.15, 0.2) is 0 Å². The molecule has 2 aliphatic heterocycles. The number of ether oxygens (including phenoxy) is 1. The van der Waals surface area contributed by atoms with Gasteiger partial charge in [0.1, 0.15) is 12.1 Å². The summed E-state index contributed by atoms with van der Waals surface area (Å²) in [7, 11) is 0. The van der Waals surface area contributed by atoms with Crippen molar-refractivity contribution in [2.75, 3.05) is 38.2 Å². The summed E-state index contributed by atoms with van der Waals surface area (Å²) >= 11 is 0. The van der Waals surface area contributed by atoms with Crippen molar-refractivity contribution in [2.24, 2.45) is 5.92 Å². The number of aromatic nitrogens is 2. The quantitative estimate of drug-likeness (QED) is 0.920. The number of aryl methyl sites for hydroxylation is 1. The van der Waals surface area contributed by atoms with Crippen molar-refractivity contribution < 1.29 is 4.74 Å². The van der Waals surface area contributed by atoms with E-state index in [1.165, 1.54) is 45.3 Å². The number of nitrogens with zero attached hydrogens (tertiary/aromatic N) is 3. The predicted octanol–water partition coefficient (Wildman–Crippen LogP) is 2.09. The van der Waals surface area contributed by atoms with Gasteiger partial charge >= 0.3 is 0 Å². The number of anilines is 1. The number of piperidine rings is 1. The average molecular weight is 290 g/mol. The summed E-state index contributed by atoms with van der Waals surface area (Å²) in [5.41, 5.74) is 1.02. The van der Waals surface area contributed by atoms with Crippen LogP contribution < -0.4 is 5.32 Å². The van der Waals surface area contributed by atoms with Crippen LogP contribution in [0.2, 0.25) is 0 Å². The molecule has 0 saturated carbocycles. The normalized spacial score (nSPS) is 22.3. The summed E-state index contributed by atoms with van der Waals surface area (Å²) in [5, 5.41) is 3.55. The van der Waals surface area contributed by atoms with Crippen molar-refractivity contribution >= 4 is 5.82 Å². The molecule has 2 fully saturated rings. The van der Waals surface area contributed by atoms with E-state index in [0.717, 1.165) is 30.6 Å². The van der Waals surface area contributed by atoms with Crippen LogP contribution in [0.5, 0.6) is 0 Å². The molecular formula is C16H26N4O. The highest BCUT2D eigenvalue weighted by Gasteiger charge is 2.23. The standard InChI is InChI=1S/C16H26N4O/c1-13-10-16(18-12-17-13)19-15-2-6-20(7-3-15)11-14-4-8-21-9-5-14/h10,12,14-15H,2-9,11H2,1H3,(H,17,18,19). The largest absolute Gasteiger partial charge is 0.381 e. The maximum atomic E-state index is 5.44. The van der Waals surface area contributed by atoms with E-state index in [1.54, 1.807) is 6.33 Å². The molecule has 21 heavy (non-hydrogen) atoms. The number of likely N-dealkylation sites (tertiary alicyclic amines) is 1. The van der Waals surface area contributed by atoms with E-state index in [9.17, 15) is 0 Å². The minimum absolute atomic E-state index is 0.547. The molecule has 0 bridgehead atoms. The van der Waals surface area contributed by atoms with E-state index in [0.29, 0.717) is 6.04 Å². The fourth-order valence-electron chi connectivity index (χ4n) is 3.30. The van der Waals surface area contributed by atoms with Crippen LogP contribution in [0.15, 0.2) is 12.4 Å². The summed E-state index contributed by atoms with van der Waals surface area (Å²) in [5.74, 6) is 1.80. The van der Waals surface area contributed by atoms with Crippen molar-refractivity contribution in [3.63, 3.8) is 0 Å². The topological polar surface area (TPSA) is 50.3 Å². The van der Waals surface area contributed by atoms with Gasteiger partial charge in [0.05, 0.1) is 0 Å². The molecule has 2 aliphatic rings. The van der Waals surface area contributed by atoms with Crippen molar-refractivity contribution in [3.8, 4) is 0 Å². The molecule has 1 aromatic heterocycles. The van der Waals surface area contributed by atoms with Crippen LogP contribution >= 0.6 is 0 Å². The molecule has 5 heteroatoms. The van der Waals surface area contributed by atoms with Crippen molar-refractivity contribution in [2.45, 2.75) is 38.6 Å². The molecular weight excluding hydrogens is 264 g/mol. The van der Waals surface area contributed by atoms with E-state index in [4.69, 9.17) is 4.74 Å². The molecule has 2 saturated heterocycles. The second-order valence-corrected chi connectivity index (χ2v) is 6.32. The first-order valence-electron chi connectivity index (χ1n) is 8.15. The van der Waals surface area contributed by atoms with Crippen LogP contribution in [-0.4, -0.2) is 53.8 Å². The monoisotopic (exact) mass is 290 g/mol. The third-order valence-electron chi connectivity index (χ3n) is 4.60. The Balaban J connectivity index is 1.42. The minimum atomic E-state index is 0.547. The molecule has 5 nitrogen and oxygen atoms in total. The third kappa shape index (κ3) is 4.38. The average Bonchev–Trinajstić information content (AvgIpc) is 2.50. The zero-order chi connectivity index (χ0) is 14.5. The van der Waals surface area contributed by atoms with Gasteiger partial charge in [-0.3, -0.25) is 0 Å². The second kappa shape index (κ2) is 7.18. The van der Waals surface area contributed by atoms with Gasteiger partial charge in [-0.2, -0.15) is 0 Å². The number of hydrogen-bond acceptors (Lipinski definition) is 5. The Labute approximate surface area is 127 Å². The smallest absolute Gasteiger partial charge is 0.129 e. The summed E-state index contributed by atoms with van der Waals surface area (Å²) < 4.78 is 5.44. The lowest BCUT2D eigenvalue weighted by atomic mass is 9.97. The molecule has 0 unspecified atom stereocenters. The molecule has 0 aliphatic carbocycles. The van der Waals surface area contributed by atoms with E-state index >= 15 is 0 Å². The maximum Gasteiger partial charge on any atom is 0.129 e. The molecule has 1 N–H and O–H groups in total. The van der Waals surface area contributed by atoms with Gasteiger partial charge in [-0.1, -0.05) is 0 Å². The van der Waals surface area contributed by atoms with Crippen LogP contribution in [0.4, 0.5) is 5.82 Å². The third-order valence-corrected chi connectivity index (χ3v) is 4.60. The maximum absolute atomic E-state index is 5.44. The fraction of sp³-hybridized carbons (Fsp3) is 0.750. The predicted molar refractivity (Wildman–Crippen MR) is 83.4 cm³/mol. The molecule has 1 aromatic rings. The number of rotatable bonds is 4. The van der Waals surface area contributed by atoms with Gasteiger partial charge in [0, 0.05) is 50.7 Å². The highest BCUT2D eigenvalue weighted by molar-refractivity contribution is 5.35. The van der Waals surface area contributed by atoms with Crippen molar-refractivity contribution in [1.29, 1.82) is 0 Å². The fourth-order valence-corrected chi connectivity index (χ4v) is 3.30. The lowest BCUT2D eigenvalue weighted by Gasteiger charge is -2.35. The van der Waals surface area contributed by atoms with Crippen LogP contribution in [0.25, 0.3) is 0 Å². The second-order valence-electron chi connectivity index (χ2n) is 6.32. The Hall–Kier alpha value is -1.20. The molecule has 3 heterocycles.